The molecular formula is C17H14N6O2S. The molecule has 0 aliphatic heterocycles. The third kappa shape index (κ3) is 3.52. The van der Waals surface area contributed by atoms with Gasteiger partial charge in [0.2, 0.25) is 17.6 Å². The van der Waals surface area contributed by atoms with Gasteiger partial charge in [-0.2, -0.15) is 21.4 Å². The van der Waals surface area contributed by atoms with Crippen LogP contribution in [0.25, 0.3) is 17.2 Å². The average Bonchev–Trinajstić information content (AvgIpc) is 3.42. The van der Waals surface area contributed by atoms with Gasteiger partial charge in [-0.1, -0.05) is 5.16 Å². The number of aromatic nitrogens is 5. The SMILES string of the molecule is O=C(CCc1nc(-c2ccsc2)no1)Nc1cccnc1-n1cccn1. The Morgan fingerprint density at radius 1 is 1.27 bits per heavy atom. The van der Waals surface area contributed by atoms with E-state index < -0.39 is 0 Å². The van der Waals surface area contributed by atoms with Gasteiger partial charge in [0, 0.05) is 42.4 Å². The second kappa shape index (κ2) is 7.28. The smallest absolute Gasteiger partial charge is 0.227 e. The Balaban J connectivity index is 1.39. The van der Waals surface area contributed by atoms with Gasteiger partial charge in [-0.3, -0.25) is 4.79 Å². The molecule has 0 aromatic carbocycles. The largest absolute Gasteiger partial charge is 0.339 e. The van der Waals surface area contributed by atoms with Gasteiger partial charge in [-0.05, 0) is 29.6 Å². The van der Waals surface area contributed by atoms with E-state index in [1.54, 1.807) is 52.8 Å². The van der Waals surface area contributed by atoms with Crippen LogP contribution in [0.15, 0.2) is 58.1 Å². The number of hydrogen-bond donors (Lipinski definition) is 1. The average molecular weight is 366 g/mol. The minimum atomic E-state index is -0.165. The summed E-state index contributed by atoms with van der Waals surface area (Å²) in [5.41, 5.74) is 1.50. The minimum Gasteiger partial charge on any atom is -0.339 e. The highest BCUT2D eigenvalue weighted by Gasteiger charge is 2.13. The molecule has 4 heterocycles. The fourth-order valence-corrected chi connectivity index (χ4v) is 3.00. The summed E-state index contributed by atoms with van der Waals surface area (Å²) in [6.45, 7) is 0. The number of amides is 1. The van der Waals surface area contributed by atoms with Gasteiger partial charge in [0.25, 0.3) is 0 Å². The zero-order valence-electron chi connectivity index (χ0n) is 13.6. The van der Waals surface area contributed by atoms with Crippen LogP contribution < -0.4 is 5.32 Å². The molecule has 0 fully saturated rings. The van der Waals surface area contributed by atoms with Crippen molar-refractivity contribution in [1.29, 1.82) is 0 Å². The van der Waals surface area contributed by atoms with E-state index in [-0.39, 0.29) is 12.3 Å². The Bertz CT molecular complexity index is 994. The molecule has 9 heteroatoms. The minimum absolute atomic E-state index is 0.165. The molecule has 0 radical (unpaired) electrons. The number of nitrogens with zero attached hydrogens (tertiary/aromatic N) is 5. The van der Waals surface area contributed by atoms with Crippen molar-refractivity contribution in [3.8, 4) is 17.2 Å². The first kappa shape index (κ1) is 16.2. The Labute approximate surface area is 152 Å². The van der Waals surface area contributed by atoms with Crippen LogP contribution in [0.1, 0.15) is 12.3 Å². The summed E-state index contributed by atoms with van der Waals surface area (Å²) in [6, 6.07) is 7.25. The van der Waals surface area contributed by atoms with Gasteiger partial charge in [-0.25, -0.2) is 9.67 Å². The standard InChI is InChI=1S/C17H14N6O2S/c24-14(4-5-15-21-16(22-25-15)12-6-10-26-11-12)20-13-3-1-7-18-17(13)23-9-2-8-19-23/h1-3,6-11H,4-5H2,(H,20,24). The number of hydrogen-bond acceptors (Lipinski definition) is 7. The van der Waals surface area contributed by atoms with Gasteiger partial charge in [0.1, 0.15) is 0 Å². The van der Waals surface area contributed by atoms with Crippen molar-refractivity contribution in [3.63, 3.8) is 0 Å². The molecule has 4 aromatic rings. The summed E-state index contributed by atoms with van der Waals surface area (Å²) in [5.74, 6) is 1.36. The van der Waals surface area contributed by atoms with Crippen LogP contribution in [0.4, 0.5) is 5.69 Å². The quantitative estimate of drug-likeness (QED) is 0.563. The molecule has 0 unspecified atom stereocenters. The predicted molar refractivity (Wildman–Crippen MR) is 95.9 cm³/mol. The van der Waals surface area contributed by atoms with Gasteiger partial charge < -0.3 is 9.84 Å². The van der Waals surface area contributed by atoms with Crippen LogP contribution in [0.2, 0.25) is 0 Å². The molecule has 1 N–H and O–H groups in total. The summed E-state index contributed by atoms with van der Waals surface area (Å²) in [5, 5.41) is 14.8. The molecule has 0 atom stereocenters. The van der Waals surface area contributed by atoms with E-state index in [9.17, 15) is 4.79 Å². The van der Waals surface area contributed by atoms with E-state index >= 15 is 0 Å². The molecule has 0 aliphatic rings. The van der Waals surface area contributed by atoms with Crippen LogP contribution >= 0.6 is 11.3 Å². The summed E-state index contributed by atoms with van der Waals surface area (Å²) in [7, 11) is 0. The molecule has 0 aliphatic carbocycles. The monoisotopic (exact) mass is 366 g/mol. The van der Waals surface area contributed by atoms with Crippen LogP contribution in [-0.4, -0.2) is 30.8 Å². The highest BCUT2D eigenvalue weighted by molar-refractivity contribution is 7.08. The Hall–Kier alpha value is -3.33. The van der Waals surface area contributed by atoms with E-state index in [1.807, 2.05) is 16.8 Å². The van der Waals surface area contributed by atoms with Gasteiger partial charge in [0.15, 0.2) is 5.82 Å². The number of pyridine rings is 1. The Kier molecular flexibility index (Phi) is 4.52. The fourth-order valence-electron chi connectivity index (χ4n) is 2.37. The van der Waals surface area contributed by atoms with Crippen LogP contribution in [0.5, 0.6) is 0 Å². The van der Waals surface area contributed by atoms with Crippen LogP contribution in [0, 0.1) is 0 Å². The number of carbonyl (C=O) groups excluding carboxylic acids is 1. The van der Waals surface area contributed by atoms with E-state index in [0.29, 0.717) is 29.6 Å². The van der Waals surface area contributed by atoms with Crippen molar-refractivity contribution in [2.75, 3.05) is 5.32 Å². The number of aryl methyl sites for hydroxylation is 1. The van der Waals surface area contributed by atoms with Crippen molar-refractivity contribution in [1.82, 2.24) is 24.9 Å². The highest BCUT2D eigenvalue weighted by Crippen LogP contribution is 2.19. The van der Waals surface area contributed by atoms with Gasteiger partial charge in [0.05, 0.1) is 5.69 Å². The number of thiophene rings is 1. The lowest BCUT2D eigenvalue weighted by molar-refractivity contribution is -0.116. The van der Waals surface area contributed by atoms with E-state index in [0.717, 1.165) is 5.56 Å². The first-order valence-electron chi connectivity index (χ1n) is 7.89. The van der Waals surface area contributed by atoms with Crippen molar-refractivity contribution in [2.24, 2.45) is 0 Å². The molecule has 26 heavy (non-hydrogen) atoms. The molecule has 0 bridgehead atoms. The predicted octanol–water partition coefficient (Wildman–Crippen LogP) is 2.95. The highest BCUT2D eigenvalue weighted by atomic mass is 32.1. The van der Waals surface area contributed by atoms with E-state index in [1.165, 1.54) is 0 Å². The second-order valence-electron chi connectivity index (χ2n) is 5.40. The summed E-state index contributed by atoms with van der Waals surface area (Å²) in [4.78, 5) is 20.9. The summed E-state index contributed by atoms with van der Waals surface area (Å²) >= 11 is 1.56. The molecule has 0 spiro atoms. The lowest BCUT2D eigenvalue weighted by Crippen LogP contribution is -2.15. The molecule has 0 saturated heterocycles. The topological polar surface area (TPSA) is 98.7 Å². The molecule has 4 aromatic heterocycles. The summed E-state index contributed by atoms with van der Waals surface area (Å²) in [6.07, 6.45) is 5.65. The lowest BCUT2D eigenvalue weighted by atomic mass is 10.2. The van der Waals surface area contributed by atoms with Crippen LogP contribution in [-0.2, 0) is 11.2 Å². The maximum Gasteiger partial charge on any atom is 0.227 e. The van der Waals surface area contributed by atoms with Crippen molar-refractivity contribution >= 4 is 22.9 Å². The molecule has 4 rings (SSSR count). The third-order valence-electron chi connectivity index (χ3n) is 3.60. The molecule has 0 saturated carbocycles. The van der Waals surface area contributed by atoms with E-state index in [2.05, 4.69) is 25.5 Å². The molecular weight excluding hydrogens is 352 g/mol. The third-order valence-corrected chi connectivity index (χ3v) is 4.28. The number of nitrogens with one attached hydrogen (secondary N) is 1. The maximum atomic E-state index is 12.3. The Morgan fingerprint density at radius 2 is 2.23 bits per heavy atom. The normalized spacial score (nSPS) is 10.8. The number of rotatable bonds is 6. The molecule has 1 amide bonds. The van der Waals surface area contributed by atoms with Crippen molar-refractivity contribution < 1.29 is 9.32 Å². The van der Waals surface area contributed by atoms with Gasteiger partial charge in [-0.15, -0.1) is 0 Å². The zero-order chi connectivity index (χ0) is 17.8. The second-order valence-corrected chi connectivity index (χ2v) is 6.18. The maximum absolute atomic E-state index is 12.3. The first-order valence-corrected chi connectivity index (χ1v) is 8.84. The Morgan fingerprint density at radius 3 is 3.04 bits per heavy atom. The van der Waals surface area contributed by atoms with Crippen molar-refractivity contribution in [2.45, 2.75) is 12.8 Å². The number of anilines is 1. The van der Waals surface area contributed by atoms with Crippen LogP contribution in [0.3, 0.4) is 0 Å². The fraction of sp³-hybridized carbons (Fsp3) is 0.118. The molecule has 8 nitrogen and oxygen atoms in total. The lowest BCUT2D eigenvalue weighted by Gasteiger charge is -2.09. The zero-order valence-corrected chi connectivity index (χ0v) is 14.4. The van der Waals surface area contributed by atoms with Gasteiger partial charge >= 0.3 is 0 Å². The number of carbonyl (C=O) groups is 1. The molecule has 130 valence electrons. The van der Waals surface area contributed by atoms with Crippen molar-refractivity contribution in [3.05, 3.63) is 59.5 Å². The first-order chi connectivity index (χ1) is 12.8. The summed E-state index contributed by atoms with van der Waals surface area (Å²) < 4.78 is 6.81. The van der Waals surface area contributed by atoms with E-state index in [4.69, 9.17) is 4.52 Å².